The number of aryl methyl sites for hydroxylation is 2. The first-order valence-corrected chi connectivity index (χ1v) is 5.99. The predicted molar refractivity (Wildman–Crippen MR) is 74.9 cm³/mol. The van der Waals surface area contributed by atoms with Crippen molar-refractivity contribution in [2.75, 3.05) is 0 Å². The molecule has 0 unspecified atom stereocenters. The summed E-state index contributed by atoms with van der Waals surface area (Å²) in [6, 6.07) is 18.4. The van der Waals surface area contributed by atoms with Crippen LogP contribution in [-0.4, -0.2) is 13.3 Å². The van der Waals surface area contributed by atoms with Crippen LogP contribution in [0.15, 0.2) is 59.6 Å². The van der Waals surface area contributed by atoms with Gasteiger partial charge in [-0.2, -0.15) is 0 Å². The summed E-state index contributed by atoms with van der Waals surface area (Å²) >= 11 is 0. The topological polar surface area (TPSA) is 29.4 Å². The second-order valence-corrected chi connectivity index (χ2v) is 4.07. The fourth-order valence-corrected chi connectivity index (χ4v) is 1.80. The fourth-order valence-electron chi connectivity index (χ4n) is 1.80. The molecule has 2 aromatic rings. The van der Waals surface area contributed by atoms with E-state index in [-0.39, 0.29) is 0 Å². The number of benzene rings is 2. The number of hydrogen-bond donors (Lipinski definition) is 0. The number of nitrogens with zero attached hydrogens (tertiary/aromatic N) is 1. The van der Waals surface area contributed by atoms with Crippen LogP contribution in [0.2, 0.25) is 0 Å². The van der Waals surface area contributed by atoms with Crippen LogP contribution in [0.1, 0.15) is 11.1 Å². The zero-order valence-electron chi connectivity index (χ0n) is 10.1. The molecule has 0 atom stereocenters. The molecule has 2 rings (SSSR count). The molecule has 2 aromatic carbocycles. The van der Waals surface area contributed by atoms with Gasteiger partial charge >= 0.3 is 107 Å². The molecule has 0 saturated carbocycles. The molecule has 0 aliphatic carbocycles. The van der Waals surface area contributed by atoms with Crippen LogP contribution in [0.4, 0.5) is 5.69 Å². The third kappa shape index (κ3) is 3.77. The zero-order chi connectivity index (χ0) is 12.6. The Kier molecular flexibility index (Phi) is 4.59. The van der Waals surface area contributed by atoms with Crippen LogP contribution < -0.4 is 0 Å². The standard InChI is InChI=1S/C15H14BNO/c18-16-12-17-15-10-8-14(9-11-15)7-6-13-4-2-1-3-5-13/h1-5,8-12H,6-7H2. The van der Waals surface area contributed by atoms with E-state index in [1.807, 2.05) is 18.2 Å². The van der Waals surface area contributed by atoms with Crippen LogP contribution in [0.5, 0.6) is 0 Å². The molecule has 0 amide bonds. The van der Waals surface area contributed by atoms with Gasteiger partial charge in [0.15, 0.2) is 0 Å². The molecule has 0 aliphatic heterocycles. The van der Waals surface area contributed by atoms with Gasteiger partial charge in [0.2, 0.25) is 0 Å². The van der Waals surface area contributed by atoms with Crippen molar-refractivity contribution in [3.63, 3.8) is 0 Å². The molecule has 88 valence electrons. The maximum absolute atomic E-state index is 10.2. The molecule has 0 N–H and O–H groups in total. The molecule has 0 bridgehead atoms. The summed E-state index contributed by atoms with van der Waals surface area (Å²) in [6.45, 7) is 0. The molecule has 18 heavy (non-hydrogen) atoms. The summed E-state index contributed by atoms with van der Waals surface area (Å²) in [6.07, 6.45) is 3.32. The van der Waals surface area contributed by atoms with Crippen molar-refractivity contribution in [3.05, 3.63) is 65.7 Å². The van der Waals surface area contributed by atoms with E-state index in [9.17, 15) is 4.70 Å². The van der Waals surface area contributed by atoms with Crippen molar-refractivity contribution in [2.24, 2.45) is 4.99 Å². The molecular weight excluding hydrogens is 221 g/mol. The Morgan fingerprint density at radius 1 is 0.889 bits per heavy atom. The summed E-state index contributed by atoms with van der Waals surface area (Å²) in [5.74, 6) is 0. The van der Waals surface area contributed by atoms with Crippen LogP contribution in [-0.2, 0) is 17.5 Å². The third-order valence-corrected chi connectivity index (χ3v) is 2.77. The van der Waals surface area contributed by atoms with E-state index < -0.39 is 0 Å². The van der Waals surface area contributed by atoms with Crippen LogP contribution in [0.3, 0.4) is 0 Å². The van der Waals surface area contributed by atoms with Crippen molar-refractivity contribution in [2.45, 2.75) is 12.8 Å². The Hall–Kier alpha value is -2.03. The van der Waals surface area contributed by atoms with Crippen LogP contribution in [0, 0.1) is 0 Å². The van der Waals surface area contributed by atoms with Gasteiger partial charge in [0.1, 0.15) is 0 Å². The van der Waals surface area contributed by atoms with E-state index >= 15 is 0 Å². The quantitative estimate of drug-likeness (QED) is 0.578. The van der Waals surface area contributed by atoms with Gasteiger partial charge in [0.05, 0.1) is 0 Å². The molecule has 0 heterocycles. The van der Waals surface area contributed by atoms with Gasteiger partial charge in [0, 0.05) is 0 Å². The minimum absolute atomic E-state index is 0.684. The van der Waals surface area contributed by atoms with E-state index in [4.69, 9.17) is 0 Å². The number of aliphatic imine (C=N–C) groups is 1. The van der Waals surface area contributed by atoms with E-state index in [1.54, 1.807) is 0 Å². The monoisotopic (exact) mass is 235 g/mol. The Morgan fingerprint density at radius 3 is 2.11 bits per heavy atom. The number of rotatable bonds is 5. The average Bonchev–Trinajstić information content (AvgIpc) is 2.45. The molecule has 3 heteroatoms. The first-order valence-electron chi connectivity index (χ1n) is 5.99. The first kappa shape index (κ1) is 12.4. The van der Waals surface area contributed by atoms with Gasteiger partial charge in [-0.25, -0.2) is 0 Å². The Bertz CT molecular complexity index is 520. The second-order valence-electron chi connectivity index (χ2n) is 4.07. The summed E-state index contributed by atoms with van der Waals surface area (Å²) < 4.78 is 10.2. The predicted octanol–water partition coefficient (Wildman–Crippen LogP) is 3.18. The van der Waals surface area contributed by atoms with Crippen molar-refractivity contribution in [1.29, 1.82) is 0 Å². The Balaban J connectivity index is 1.94. The summed E-state index contributed by atoms with van der Waals surface area (Å²) in [7, 11) is 0.684. The zero-order valence-corrected chi connectivity index (χ0v) is 10.1. The van der Waals surface area contributed by atoms with Gasteiger partial charge in [-0.3, -0.25) is 0 Å². The van der Waals surface area contributed by atoms with Gasteiger partial charge in [0.25, 0.3) is 0 Å². The van der Waals surface area contributed by atoms with Crippen molar-refractivity contribution < 1.29 is 4.70 Å². The first-order chi connectivity index (χ1) is 8.88. The van der Waals surface area contributed by atoms with Crippen molar-refractivity contribution >= 4 is 19.0 Å². The second kappa shape index (κ2) is 6.65. The fraction of sp³-hybridized carbons (Fsp3) is 0.133. The Labute approximate surface area is 108 Å². The van der Waals surface area contributed by atoms with E-state index in [1.165, 1.54) is 17.2 Å². The van der Waals surface area contributed by atoms with E-state index in [2.05, 4.69) is 41.4 Å². The molecule has 0 aromatic heterocycles. The van der Waals surface area contributed by atoms with Crippen molar-refractivity contribution in [3.8, 4) is 0 Å². The van der Waals surface area contributed by atoms with Gasteiger partial charge in [-0.15, -0.1) is 0 Å². The van der Waals surface area contributed by atoms with Gasteiger partial charge in [-0.05, 0) is 0 Å². The number of hydrogen-bond acceptors (Lipinski definition) is 2. The minimum atomic E-state index is 0.684. The molecular formula is C15H14BNO. The summed E-state index contributed by atoms with van der Waals surface area (Å²) in [5.41, 5.74) is 3.44. The summed E-state index contributed by atoms with van der Waals surface area (Å²) in [4.78, 5) is 3.99. The molecule has 0 saturated heterocycles. The SMILES string of the molecule is O=BC=Nc1ccc(CCc2ccccc2)cc1. The van der Waals surface area contributed by atoms with Gasteiger partial charge in [-0.1, -0.05) is 0 Å². The van der Waals surface area contributed by atoms with Gasteiger partial charge < -0.3 is 0 Å². The maximum atomic E-state index is 10.2. The normalized spacial score (nSPS) is 10.4. The molecule has 0 aliphatic rings. The summed E-state index contributed by atoms with van der Waals surface area (Å²) in [5, 5.41) is 0. The van der Waals surface area contributed by atoms with E-state index in [0.29, 0.717) is 7.15 Å². The Morgan fingerprint density at radius 2 is 1.50 bits per heavy atom. The third-order valence-electron chi connectivity index (χ3n) is 2.77. The average molecular weight is 235 g/mol. The van der Waals surface area contributed by atoms with E-state index in [0.717, 1.165) is 18.5 Å². The molecule has 2 nitrogen and oxygen atoms in total. The van der Waals surface area contributed by atoms with Crippen LogP contribution >= 0.6 is 0 Å². The molecule has 0 fully saturated rings. The molecule has 0 spiro atoms. The van der Waals surface area contributed by atoms with Crippen LogP contribution in [0.25, 0.3) is 0 Å². The molecule has 0 radical (unpaired) electrons. The van der Waals surface area contributed by atoms with Crippen molar-refractivity contribution in [1.82, 2.24) is 0 Å².